The SMILES string of the molecule is CC(C)c1ccc(S(=O)(=O)CCC(=O)OC(C)(C)C)cc1. The van der Waals surface area contributed by atoms with Crippen LogP contribution in [0.2, 0.25) is 0 Å². The Kier molecular flexibility index (Phi) is 5.56. The van der Waals surface area contributed by atoms with E-state index >= 15 is 0 Å². The fraction of sp³-hybridized carbons (Fsp3) is 0.562. The minimum atomic E-state index is -3.45. The van der Waals surface area contributed by atoms with Crippen molar-refractivity contribution in [2.45, 2.75) is 57.5 Å². The Morgan fingerprint density at radius 2 is 1.67 bits per heavy atom. The summed E-state index contributed by atoms with van der Waals surface area (Å²) in [4.78, 5) is 11.8. The Balaban J connectivity index is 2.71. The van der Waals surface area contributed by atoms with Crippen LogP contribution in [0.4, 0.5) is 0 Å². The van der Waals surface area contributed by atoms with E-state index in [-0.39, 0.29) is 17.1 Å². The van der Waals surface area contributed by atoms with Crippen molar-refractivity contribution in [2.75, 3.05) is 5.75 Å². The first kappa shape index (κ1) is 17.7. The van der Waals surface area contributed by atoms with Gasteiger partial charge in [-0.15, -0.1) is 0 Å². The number of carbonyl (C=O) groups is 1. The minimum absolute atomic E-state index is 0.133. The molecule has 0 radical (unpaired) electrons. The van der Waals surface area contributed by atoms with Gasteiger partial charge in [0, 0.05) is 0 Å². The predicted molar refractivity (Wildman–Crippen MR) is 83.0 cm³/mol. The summed E-state index contributed by atoms with van der Waals surface area (Å²) in [6, 6.07) is 6.82. The van der Waals surface area contributed by atoms with Crippen LogP contribution in [0.1, 0.15) is 52.5 Å². The second-order valence-electron chi connectivity index (χ2n) is 6.38. The number of sulfone groups is 1. The number of hydrogen-bond acceptors (Lipinski definition) is 4. The van der Waals surface area contributed by atoms with Crippen molar-refractivity contribution in [3.05, 3.63) is 29.8 Å². The number of hydrogen-bond donors (Lipinski definition) is 0. The zero-order valence-corrected chi connectivity index (χ0v) is 14.2. The highest BCUT2D eigenvalue weighted by atomic mass is 32.2. The van der Waals surface area contributed by atoms with E-state index in [1.165, 1.54) is 0 Å². The highest BCUT2D eigenvalue weighted by Crippen LogP contribution is 2.19. The molecule has 1 aromatic rings. The molecule has 0 unspecified atom stereocenters. The van der Waals surface area contributed by atoms with E-state index in [2.05, 4.69) is 0 Å². The monoisotopic (exact) mass is 312 g/mol. The molecule has 0 atom stereocenters. The Hall–Kier alpha value is -1.36. The van der Waals surface area contributed by atoms with Crippen molar-refractivity contribution in [1.82, 2.24) is 0 Å². The predicted octanol–water partition coefficient (Wildman–Crippen LogP) is 3.32. The molecule has 5 heteroatoms. The van der Waals surface area contributed by atoms with Gasteiger partial charge in [-0.1, -0.05) is 26.0 Å². The maximum atomic E-state index is 12.2. The lowest BCUT2D eigenvalue weighted by Crippen LogP contribution is -2.25. The zero-order valence-electron chi connectivity index (χ0n) is 13.3. The quantitative estimate of drug-likeness (QED) is 0.783. The van der Waals surface area contributed by atoms with Crippen molar-refractivity contribution in [3.8, 4) is 0 Å². The van der Waals surface area contributed by atoms with E-state index in [4.69, 9.17) is 4.74 Å². The molecule has 21 heavy (non-hydrogen) atoms. The summed E-state index contributed by atoms with van der Waals surface area (Å²) in [6.07, 6.45) is -0.133. The van der Waals surface area contributed by atoms with Gasteiger partial charge in [-0.2, -0.15) is 0 Å². The van der Waals surface area contributed by atoms with Crippen LogP contribution < -0.4 is 0 Å². The first-order valence-electron chi connectivity index (χ1n) is 7.06. The van der Waals surface area contributed by atoms with Crippen LogP contribution in [0.5, 0.6) is 0 Å². The first-order valence-corrected chi connectivity index (χ1v) is 8.71. The average Bonchev–Trinajstić information content (AvgIpc) is 2.34. The molecule has 0 aliphatic rings. The smallest absolute Gasteiger partial charge is 0.307 e. The molecule has 0 aliphatic heterocycles. The molecule has 118 valence electrons. The number of rotatable bonds is 5. The molecule has 1 aromatic carbocycles. The van der Waals surface area contributed by atoms with Crippen LogP contribution in [-0.4, -0.2) is 25.7 Å². The largest absolute Gasteiger partial charge is 0.460 e. The second-order valence-corrected chi connectivity index (χ2v) is 8.49. The summed E-state index contributed by atoms with van der Waals surface area (Å²) < 4.78 is 29.5. The molecule has 1 rings (SSSR count). The molecule has 0 bridgehead atoms. The molecule has 0 heterocycles. The molecular weight excluding hydrogens is 288 g/mol. The second kappa shape index (κ2) is 6.60. The molecule has 0 N–H and O–H groups in total. The molecular formula is C16H24O4S. The van der Waals surface area contributed by atoms with Crippen LogP contribution in [0.25, 0.3) is 0 Å². The summed E-state index contributed by atoms with van der Waals surface area (Å²) in [6.45, 7) is 9.36. The standard InChI is InChI=1S/C16H24O4S/c1-12(2)13-6-8-14(9-7-13)21(18,19)11-10-15(17)20-16(3,4)5/h6-9,12H,10-11H2,1-5H3. The van der Waals surface area contributed by atoms with Gasteiger partial charge < -0.3 is 4.74 Å². The van der Waals surface area contributed by atoms with Gasteiger partial charge in [0.05, 0.1) is 17.1 Å². The average molecular weight is 312 g/mol. The fourth-order valence-corrected chi connectivity index (χ4v) is 3.01. The maximum absolute atomic E-state index is 12.2. The molecule has 4 nitrogen and oxygen atoms in total. The van der Waals surface area contributed by atoms with Gasteiger partial charge in [0.2, 0.25) is 0 Å². The number of carbonyl (C=O) groups excluding carboxylic acids is 1. The van der Waals surface area contributed by atoms with Crippen LogP contribution >= 0.6 is 0 Å². The van der Waals surface area contributed by atoms with E-state index in [1.54, 1.807) is 32.9 Å². The minimum Gasteiger partial charge on any atom is -0.460 e. The zero-order chi connectivity index (χ0) is 16.3. The first-order chi connectivity index (χ1) is 9.51. The van der Waals surface area contributed by atoms with E-state index < -0.39 is 21.4 Å². The Labute approximate surface area is 127 Å². The number of benzene rings is 1. The summed E-state index contributed by atoms with van der Waals surface area (Å²) in [7, 11) is -3.45. The molecule has 0 spiro atoms. The lowest BCUT2D eigenvalue weighted by atomic mass is 10.0. The van der Waals surface area contributed by atoms with Crippen LogP contribution in [-0.2, 0) is 19.4 Å². The molecule has 0 aromatic heterocycles. The third kappa shape index (κ3) is 5.87. The Morgan fingerprint density at radius 1 is 1.14 bits per heavy atom. The van der Waals surface area contributed by atoms with Gasteiger partial charge >= 0.3 is 5.97 Å². The summed E-state index contributed by atoms with van der Waals surface area (Å²) in [5.74, 6) is -0.378. The van der Waals surface area contributed by atoms with E-state index in [0.717, 1.165) is 5.56 Å². The van der Waals surface area contributed by atoms with Crippen molar-refractivity contribution in [1.29, 1.82) is 0 Å². The van der Waals surface area contributed by atoms with Crippen LogP contribution in [0.15, 0.2) is 29.2 Å². The maximum Gasteiger partial charge on any atom is 0.307 e. The van der Waals surface area contributed by atoms with Crippen LogP contribution in [0.3, 0.4) is 0 Å². The molecule has 0 saturated carbocycles. The van der Waals surface area contributed by atoms with Crippen molar-refractivity contribution in [3.63, 3.8) is 0 Å². The van der Waals surface area contributed by atoms with Crippen molar-refractivity contribution >= 4 is 15.8 Å². The fourth-order valence-electron chi connectivity index (χ4n) is 1.79. The molecule has 0 amide bonds. The number of esters is 1. The third-order valence-corrected chi connectivity index (χ3v) is 4.63. The molecule has 0 fully saturated rings. The van der Waals surface area contributed by atoms with Crippen molar-refractivity contribution < 1.29 is 17.9 Å². The normalized spacial score (nSPS) is 12.5. The lowest BCUT2D eigenvalue weighted by Gasteiger charge is -2.19. The summed E-state index contributed by atoms with van der Waals surface area (Å²) in [5.41, 5.74) is 0.487. The van der Waals surface area contributed by atoms with E-state index in [9.17, 15) is 13.2 Å². The van der Waals surface area contributed by atoms with E-state index in [0.29, 0.717) is 5.92 Å². The Morgan fingerprint density at radius 3 is 2.10 bits per heavy atom. The Bertz CT molecular complexity index is 578. The van der Waals surface area contributed by atoms with Crippen molar-refractivity contribution in [2.24, 2.45) is 0 Å². The van der Waals surface area contributed by atoms with Crippen LogP contribution in [0, 0.1) is 0 Å². The molecule has 0 aliphatic carbocycles. The van der Waals surface area contributed by atoms with Gasteiger partial charge in [-0.05, 0) is 44.4 Å². The van der Waals surface area contributed by atoms with Gasteiger partial charge in [-0.3, -0.25) is 4.79 Å². The highest BCUT2D eigenvalue weighted by Gasteiger charge is 2.20. The summed E-state index contributed by atoms with van der Waals surface area (Å²) >= 11 is 0. The lowest BCUT2D eigenvalue weighted by molar-refractivity contribution is -0.154. The van der Waals surface area contributed by atoms with Gasteiger partial charge in [0.15, 0.2) is 9.84 Å². The van der Waals surface area contributed by atoms with Gasteiger partial charge in [0.25, 0.3) is 0 Å². The summed E-state index contributed by atoms with van der Waals surface area (Å²) in [5, 5.41) is 0. The number of ether oxygens (including phenoxy) is 1. The third-order valence-electron chi connectivity index (χ3n) is 2.90. The topological polar surface area (TPSA) is 60.4 Å². The highest BCUT2D eigenvalue weighted by molar-refractivity contribution is 7.91. The molecule has 0 saturated heterocycles. The van der Waals surface area contributed by atoms with Gasteiger partial charge in [-0.25, -0.2) is 8.42 Å². The van der Waals surface area contributed by atoms with Gasteiger partial charge in [0.1, 0.15) is 5.60 Å². The van der Waals surface area contributed by atoms with E-state index in [1.807, 2.05) is 26.0 Å².